The fraction of sp³-hybridized carbons (Fsp3) is 0.353. The van der Waals surface area contributed by atoms with E-state index in [0.29, 0.717) is 48.7 Å². The van der Waals surface area contributed by atoms with E-state index in [4.69, 9.17) is 34.8 Å². The van der Waals surface area contributed by atoms with Crippen molar-refractivity contribution in [3.05, 3.63) is 46.1 Å². The van der Waals surface area contributed by atoms with Crippen LogP contribution in [-0.2, 0) is 11.3 Å². The van der Waals surface area contributed by atoms with Gasteiger partial charge in [0.15, 0.2) is 0 Å². The second-order valence-electron chi connectivity index (χ2n) is 5.83. The van der Waals surface area contributed by atoms with Crippen LogP contribution in [0.4, 0.5) is 11.8 Å². The van der Waals surface area contributed by atoms with E-state index < -0.39 is 0 Å². The van der Waals surface area contributed by atoms with Gasteiger partial charge in [-0.1, -0.05) is 29.3 Å². The monoisotopic (exact) mass is 413 g/mol. The van der Waals surface area contributed by atoms with Gasteiger partial charge in [0, 0.05) is 49.0 Å². The quantitative estimate of drug-likeness (QED) is 0.761. The van der Waals surface area contributed by atoms with E-state index in [0.717, 1.165) is 11.4 Å². The van der Waals surface area contributed by atoms with Crippen molar-refractivity contribution in [3.63, 3.8) is 0 Å². The van der Waals surface area contributed by atoms with E-state index in [1.807, 2.05) is 12.1 Å². The third-order valence-electron chi connectivity index (χ3n) is 4.16. The van der Waals surface area contributed by atoms with E-state index in [-0.39, 0.29) is 11.8 Å². The van der Waals surface area contributed by atoms with Crippen molar-refractivity contribution in [2.75, 3.05) is 42.3 Å². The molecule has 0 radical (unpaired) electrons. The Balaban J connectivity index is 1.61. The van der Waals surface area contributed by atoms with Gasteiger partial charge in [0.25, 0.3) is 0 Å². The van der Waals surface area contributed by atoms with Crippen LogP contribution in [0, 0.1) is 0 Å². The van der Waals surface area contributed by atoms with Crippen molar-refractivity contribution in [1.29, 1.82) is 0 Å². The summed E-state index contributed by atoms with van der Waals surface area (Å²) in [7, 11) is 0. The van der Waals surface area contributed by atoms with Crippen molar-refractivity contribution in [2.45, 2.75) is 6.54 Å². The smallest absolute Gasteiger partial charge is 0.237 e. The number of carbonyl (C=O) groups excluding carboxylic acids is 1. The number of hydrogen-bond donors (Lipinski definition) is 1. The molecule has 6 nitrogen and oxygen atoms in total. The first-order valence-electron chi connectivity index (χ1n) is 8.16. The second kappa shape index (κ2) is 8.75. The zero-order valence-corrected chi connectivity index (χ0v) is 16.2. The molecule has 1 amide bonds. The summed E-state index contributed by atoms with van der Waals surface area (Å²) in [6.07, 6.45) is 1.71. The molecule has 0 saturated carbocycles. The maximum Gasteiger partial charge on any atom is 0.237 e. The molecule has 0 bridgehead atoms. The largest absolute Gasteiger partial charge is 0.353 e. The van der Waals surface area contributed by atoms with Crippen LogP contribution in [0.5, 0.6) is 0 Å². The predicted molar refractivity (Wildman–Crippen MR) is 105 cm³/mol. The fourth-order valence-electron chi connectivity index (χ4n) is 2.72. The van der Waals surface area contributed by atoms with E-state index in [2.05, 4.69) is 20.2 Å². The Hall–Kier alpha value is -1.76. The molecular weight excluding hydrogens is 397 g/mol. The van der Waals surface area contributed by atoms with Crippen LogP contribution in [0.3, 0.4) is 0 Å². The summed E-state index contributed by atoms with van der Waals surface area (Å²) in [6.45, 7) is 3.19. The van der Waals surface area contributed by atoms with E-state index >= 15 is 0 Å². The minimum absolute atomic E-state index is 0.0227. The van der Waals surface area contributed by atoms with Crippen molar-refractivity contribution < 1.29 is 4.79 Å². The number of nitrogens with one attached hydrogen (secondary N) is 1. The van der Waals surface area contributed by atoms with E-state index in [1.54, 1.807) is 23.2 Å². The van der Waals surface area contributed by atoms with Crippen LogP contribution >= 0.6 is 34.8 Å². The van der Waals surface area contributed by atoms with Gasteiger partial charge in [0.05, 0.1) is 0 Å². The van der Waals surface area contributed by atoms with Gasteiger partial charge < -0.3 is 15.1 Å². The number of aromatic nitrogens is 2. The first kappa shape index (κ1) is 19.0. The summed E-state index contributed by atoms with van der Waals surface area (Å²) in [5.74, 6) is 1.33. The van der Waals surface area contributed by atoms with Gasteiger partial charge in [-0.3, -0.25) is 4.79 Å². The molecule has 0 atom stereocenters. The van der Waals surface area contributed by atoms with Crippen molar-refractivity contribution >= 4 is 52.5 Å². The first-order chi connectivity index (χ1) is 12.6. The Bertz CT molecular complexity index is 781. The highest BCUT2D eigenvalue weighted by Gasteiger charge is 2.21. The lowest BCUT2D eigenvalue weighted by atomic mass is 10.2. The van der Waals surface area contributed by atoms with Crippen molar-refractivity contribution in [2.24, 2.45) is 0 Å². The molecule has 0 unspecified atom stereocenters. The van der Waals surface area contributed by atoms with Crippen LogP contribution in [0.25, 0.3) is 0 Å². The predicted octanol–water partition coefficient (Wildman–Crippen LogP) is 3.28. The molecule has 1 aromatic carbocycles. The first-order valence-corrected chi connectivity index (χ1v) is 9.45. The second-order valence-corrected chi connectivity index (χ2v) is 6.94. The molecule has 2 aromatic rings. The Morgan fingerprint density at radius 3 is 2.62 bits per heavy atom. The molecule has 1 saturated heterocycles. The van der Waals surface area contributed by atoms with Gasteiger partial charge >= 0.3 is 0 Å². The third-order valence-corrected chi connectivity index (χ3v) is 4.98. The number of amides is 1. The number of alkyl halides is 1. The molecule has 9 heteroatoms. The van der Waals surface area contributed by atoms with Gasteiger partial charge in [-0.25, -0.2) is 4.98 Å². The number of nitrogens with zero attached hydrogens (tertiary/aromatic N) is 4. The van der Waals surface area contributed by atoms with Crippen LogP contribution in [0.2, 0.25) is 10.0 Å². The molecule has 2 heterocycles. The molecule has 0 aliphatic carbocycles. The van der Waals surface area contributed by atoms with Gasteiger partial charge in [0.1, 0.15) is 11.7 Å². The Labute approximate surface area is 167 Å². The summed E-state index contributed by atoms with van der Waals surface area (Å²) >= 11 is 17.7. The molecule has 1 aliphatic heterocycles. The summed E-state index contributed by atoms with van der Waals surface area (Å²) in [6, 6.07) is 7.23. The molecule has 1 aromatic heterocycles. The molecule has 26 heavy (non-hydrogen) atoms. The van der Waals surface area contributed by atoms with Crippen LogP contribution in [0.15, 0.2) is 30.5 Å². The third kappa shape index (κ3) is 4.69. The molecule has 0 spiro atoms. The Kier molecular flexibility index (Phi) is 6.40. The summed E-state index contributed by atoms with van der Waals surface area (Å²) in [5, 5.41) is 4.38. The molecule has 1 aliphatic rings. The number of carbonyl (C=O) groups is 1. The highest BCUT2D eigenvalue weighted by molar-refractivity contribution is 6.35. The molecule has 138 valence electrons. The Morgan fingerprint density at radius 1 is 1.15 bits per heavy atom. The lowest BCUT2D eigenvalue weighted by Crippen LogP contribution is -2.49. The SMILES string of the molecule is O=C(CCl)N1CCN(c2ccnc(NCc3ccc(Cl)cc3Cl)n2)CC1. The summed E-state index contributed by atoms with van der Waals surface area (Å²) in [5.41, 5.74) is 0.915. The fourth-order valence-corrected chi connectivity index (χ4v) is 3.36. The van der Waals surface area contributed by atoms with Gasteiger partial charge in [-0.2, -0.15) is 4.98 Å². The van der Waals surface area contributed by atoms with Gasteiger partial charge in [-0.05, 0) is 23.8 Å². The maximum absolute atomic E-state index is 11.7. The number of anilines is 2. The van der Waals surface area contributed by atoms with Crippen LogP contribution in [-0.4, -0.2) is 52.8 Å². The average Bonchev–Trinajstić information content (AvgIpc) is 2.67. The minimum atomic E-state index is -0.0313. The molecule has 1 N–H and O–H groups in total. The molecule has 3 rings (SSSR count). The normalized spacial score (nSPS) is 14.4. The molecule has 1 fully saturated rings. The Morgan fingerprint density at radius 2 is 1.92 bits per heavy atom. The standard InChI is InChI=1S/C17H18Cl3N5O/c18-10-16(26)25-7-5-24(6-8-25)15-3-4-21-17(23-15)22-11-12-1-2-13(19)9-14(12)20/h1-4,9H,5-8,10-11H2,(H,21,22,23). The number of hydrogen-bond acceptors (Lipinski definition) is 5. The topological polar surface area (TPSA) is 61.4 Å². The zero-order chi connectivity index (χ0) is 18.5. The number of benzene rings is 1. The van der Waals surface area contributed by atoms with E-state index in [1.165, 1.54) is 0 Å². The van der Waals surface area contributed by atoms with Crippen LogP contribution < -0.4 is 10.2 Å². The highest BCUT2D eigenvalue weighted by Crippen LogP contribution is 2.22. The average molecular weight is 415 g/mol. The number of piperazine rings is 1. The minimum Gasteiger partial charge on any atom is -0.353 e. The zero-order valence-electron chi connectivity index (χ0n) is 14.0. The lowest BCUT2D eigenvalue weighted by Gasteiger charge is -2.35. The van der Waals surface area contributed by atoms with E-state index in [9.17, 15) is 4.79 Å². The van der Waals surface area contributed by atoms with Crippen molar-refractivity contribution in [3.8, 4) is 0 Å². The van der Waals surface area contributed by atoms with Crippen molar-refractivity contribution in [1.82, 2.24) is 14.9 Å². The maximum atomic E-state index is 11.7. The lowest BCUT2D eigenvalue weighted by molar-refractivity contribution is -0.128. The summed E-state index contributed by atoms with van der Waals surface area (Å²) in [4.78, 5) is 24.4. The van der Waals surface area contributed by atoms with Crippen LogP contribution in [0.1, 0.15) is 5.56 Å². The molecular formula is C17H18Cl3N5O. The highest BCUT2D eigenvalue weighted by atomic mass is 35.5. The van der Waals surface area contributed by atoms with Gasteiger partial charge in [-0.15, -0.1) is 11.6 Å². The van der Waals surface area contributed by atoms with Gasteiger partial charge in [0.2, 0.25) is 11.9 Å². The number of halogens is 3. The number of rotatable bonds is 5. The summed E-state index contributed by atoms with van der Waals surface area (Å²) < 4.78 is 0.